The number of Topliss-reactive ketones (excluding diaryl/α,β-unsaturated/α-hetero) is 1. The van der Waals surface area contributed by atoms with E-state index < -0.39 is 0 Å². The van der Waals surface area contributed by atoms with Gasteiger partial charge in [-0.05, 0) is 49.4 Å². The van der Waals surface area contributed by atoms with E-state index in [4.69, 9.17) is 4.74 Å². The van der Waals surface area contributed by atoms with Crippen molar-refractivity contribution >= 4 is 5.78 Å². The van der Waals surface area contributed by atoms with Crippen molar-refractivity contribution < 1.29 is 9.53 Å². The van der Waals surface area contributed by atoms with Crippen LogP contribution in [0.4, 0.5) is 0 Å². The molecule has 16 heavy (non-hydrogen) atoms. The summed E-state index contributed by atoms with van der Waals surface area (Å²) in [6.07, 6.45) is 4.96. The van der Waals surface area contributed by atoms with Gasteiger partial charge in [0.2, 0.25) is 0 Å². The van der Waals surface area contributed by atoms with Crippen LogP contribution in [0.15, 0.2) is 18.2 Å². The lowest BCUT2D eigenvalue weighted by molar-refractivity contribution is 0.101. The maximum atomic E-state index is 11.6. The predicted octanol–water partition coefficient (Wildman–Crippen LogP) is 3.56. The first kappa shape index (κ1) is 11.2. The molecule has 2 nitrogen and oxygen atoms in total. The molecule has 0 saturated heterocycles. The Bertz CT molecular complexity index is 390. The van der Waals surface area contributed by atoms with Gasteiger partial charge in [-0.2, -0.15) is 0 Å². The molecule has 0 spiro atoms. The third kappa shape index (κ3) is 2.11. The number of benzene rings is 1. The van der Waals surface area contributed by atoms with Gasteiger partial charge in [-0.25, -0.2) is 0 Å². The molecular weight excluding hydrogens is 200 g/mol. The van der Waals surface area contributed by atoms with Crippen LogP contribution in [0.1, 0.15) is 54.4 Å². The maximum absolute atomic E-state index is 11.6. The van der Waals surface area contributed by atoms with Crippen molar-refractivity contribution in [3.63, 3.8) is 0 Å². The van der Waals surface area contributed by atoms with Gasteiger partial charge in [0.1, 0.15) is 5.75 Å². The van der Waals surface area contributed by atoms with Crippen LogP contribution in [0.25, 0.3) is 0 Å². The van der Waals surface area contributed by atoms with Gasteiger partial charge in [0.15, 0.2) is 5.78 Å². The van der Waals surface area contributed by atoms with E-state index in [0.29, 0.717) is 5.92 Å². The van der Waals surface area contributed by atoms with E-state index in [1.807, 2.05) is 18.2 Å². The van der Waals surface area contributed by atoms with Gasteiger partial charge in [-0.3, -0.25) is 4.79 Å². The Labute approximate surface area is 96.6 Å². The highest BCUT2D eigenvalue weighted by Gasteiger charge is 2.21. The summed E-state index contributed by atoms with van der Waals surface area (Å²) >= 11 is 0. The zero-order chi connectivity index (χ0) is 11.5. The number of ether oxygens (including phenoxy) is 1. The monoisotopic (exact) mass is 218 g/mol. The van der Waals surface area contributed by atoms with Crippen molar-refractivity contribution in [1.29, 1.82) is 0 Å². The Morgan fingerprint density at radius 3 is 2.56 bits per heavy atom. The second kappa shape index (κ2) is 4.69. The van der Waals surface area contributed by atoms with E-state index >= 15 is 0 Å². The van der Waals surface area contributed by atoms with Crippen LogP contribution in [0, 0.1) is 0 Å². The Kier molecular flexibility index (Phi) is 3.28. The molecule has 2 heteroatoms. The summed E-state index contributed by atoms with van der Waals surface area (Å²) in [6, 6.07) is 5.80. The van der Waals surface area contributed by atoms with E-state index in [1.54, 1.807) is 14.0 Å². The van der Waals surface area contributed by atoms with Gasteiger partial charge < -0.3 is 4.74 Å². The van der Waals surface area contributed by atoms with Crippen molar-refractivity contribution in [3.8, 4) is 5.75 Å². The summed E-state index contributed by atoms with van der Waals surface area (Å²) in [5.74, 6) is 1.56. The lowest BCUT2D eigenvalue weighted by Crippen LogP contribution is -2.03. The third-order valence-electron chi connectivity index (χ3n) is 3.43. The zero-order valence-electron chi connectivity index (χ0n) is 9.95. The fourth-order valence-electron chi connectivity index (χ4n) is 2.56. The molecule has 2 rings (SSSR count). The standard InChI is InChI=1S/C14H18O2/c1-10(15)13-8-7-12(16-2)9-14(13)11-5-3-4-6-11/h7-9,11H,3-6H2,1-2H3. The van der Waals surface area contributed by atoms with Crippen LogP contribution in [-0.2, 0) is 0 Å². The molecule has 0 unspecified atom stereocenters. The molecule has 1 aliphatic carbocycles. The number of carbonyl (C=O) groups is 1. The number of rotatable bonds is 3. The SMILES string of the molecule is COc1ccc(C(C)=O)c(C2CCCC2)c1. The number of hydrogen-bond acceptors (Lipinski definition) is 2. The molecule has 0 radical (unpaired) electrons. The van der Waals surface area contributed by atoms with Crippen molar-refractivity contribution in [3.05, 3.63) is 29.3 Å². The summed E-state index contributed by atoms with van der Waals surface area (Å²) < 4.78 is 5.24. The largest absolute Gasteiger partial charge is 0.497 e. The summed E-state index contributed by atoms with van der Waals surface area (Å²) in [5, 5.41) is 0. The minimum absolute atomic E-state index is 0.157. The summed E-state index contributed by atoms with van der Waals surface area (Å²) in [7, 11) is 1.67. The van der Waals surface area contributed by atoms with Crippen LogP contribution in [0.5, 0.6) is 5.75 Å². The average molecular weight is 218 g/mol. The molecule has 1 aliphatic rings. The van der Waals surface area contributed by atoms with Crippen molar-refractivity contribution in [2.75, 3.05) is 7.11 Å². The molecule has 0 atom stereocenters. The highest BCUT2D eigenvalue weighted by atomic mass is 16.5. The van der Waals surface area contributed by atoms with E-state index in [0.717, 1.165) is 11.3 Å². The molecule has 86 valence electrons. The summed E-state index contributed by atoms with van der Waals surface area (Å²) in [4.78, 5) is 11.6. The normalized spacial score (nSPS) is 16.4. The van der Waals surface area contributed by atoms with Gasteiger partial charge in [-0.15, -0.1) is 0 Å². The number of hydrogen-bond donors (Lipinski definition) is 0. The quantitative estimate of drug-likeness (QED) is 0.725. The van der Waals surface area contributed by atoms with Gasteiger partial charge in [0.05, 0.1) is 7.11 Å². The molecule has 1 fully saturated rings. The maximum Gasteiger partial charge on any atom is 0.160 e. The Morgan fingerprint density at radius 1 is 1.31 bits per heavy atom. The van der Waals surface area contributed by atoms with Crippen LogP contribution >= 0.6 is 0 Å². The van der Waals surface area contributed by atoms with Gasteiger partial charge >= 0.3 is 0 Å². The molecule has 0 bridgehead atoms. The third-order valence-corrected chi connectivity index (χ3v) is 3.43. The van der Waals surface area contributed by atoms with Crippen LogP contribution in [0.3, 0.4) is 0 Å². The molecule has 1 saturated carbocycles. The first-order chi connectivity index (χ1) is 7.72. The Morgan fingerprint density at radius 2 is 2.00 bits per heavy atom. The average Bonchev–Trinajstić information content (AvgIpc) is 2.81. The summed E-state index contributed by atoms with van der Waals surface area (Å²) in [5.41, 5.74) is 2.05. The highest BCUT2D eigenvalue weighted by molar-refractivity contribution is 5.96. The molecule has 1 aromatic rings. The second-order valence-corrected chi connectivity index (χ2v) is 4.49. The molecule has 0 N–H and O–H groups in total. The number of ketones is 1. The molecule has 1 aromatic carbocycles. The Hall–Kier alpha value is -1.31. The predicted molar refractivity (Wildman–Crippen MR) is 64.2 cm³/mol. The van der Waals surface area contributed by atoms with Crippen LogP contribution in [0.2, 0.25) is 0 Å². The minimum atomic E-state index is 0.157. The zero-order valence-corrected chi connectivity index (χ0v) is 9.95. The van der Waals surface area contributed by atoms with Gasteiger partial charge in [-0.1, -0.05) is 12.8 Å². The van der Waals surface area contributed by atoms with Crippen molar-refractivity contribution in [1.82, 2.24) is 0 Å². The Balaban J connectivity index is 2.40. The van der Waals surface area contributed by atoms with Crippen LogP contribution < -0.4 is 4.74 Å². The van der Waals surface area contributed by atoms with E-state index in [-0.39, 0.29) is 5.78 Å². The lowest BCUT2D eigenvalue weighted by Gasteiger charge is -2.15. The first-order valence-electron chi connectivity index (χ1n) is 5.91. The van der Waals surface area contributed by atoms with Gasteiger partial charge in [0, 0.05) is 5.56 Å². The smallest absolute Gasteiger partial charge is 0.160 e. The highest BCUT2D eigenvalue weighted by Crippen LogP contribution is 2.37. The number of methoxy groups -OCH3 is 1. The summed E-state index contributed by atoms with van der Waals surface area (Å²) in [6.45, 7) is 1.64. The molecular formula is C14H18O2. The molecule has 0 aliphatic heterocycles. The fourth-order valence-corrected chi connectivity index (χ4v) is 2.56. The van der Waals surface area contributed by atoms with E-state index in [2.05, 4.69) is 0 Å². The van der Waals surface area contributed by atoms with E-state index in [9.17, 15) is 4.79 Å². The molecule has 0 heterocycles. The van der Waals surface area contributed by atoms with E-state index in [1.165, 1.54) is 31.2 Å². The first-order valence-corrected chi connectivity index (χ1v) is 5.91. The lowest BCUT2D eigenvalue weighted by atomic mass is 9.91. The molecule has 0 aromatic heterocycles. The van der Waals surface area contributed by atoms with Crippen molar-refractivity contribution in [2.24, 2.45) is 0 Å². The minimum Gasteiger partial charge on any atom is -0.497 e. The topological polar surface area (TPSA) is 26.3 Å². The van der Waals surface area contributed by atoms with Crippen molar-refractivity contribution in [2.45, 2.75) is 38.5 Å². The van der Waals surface area contributed by atoms with Gasteiger partial charge in [0.25, 0.3) is 0 Å². The number of carbonyl (C=O) groups excluding carboxylic acids is 1. The molecule has 0 amide bonds. The van der Waals surface area contributed by atoms with Crippen LogP contribution in [-0.4, -0.2) is 12.9 Å². The fraction of sp³-hybridized carbons (Fsp3) is 0.500. The second-order valence-electron chi connectivity index (χ2n) is 4.49.